The molecule has 1 aliphatic heterocycles. The van der Waals surface area contributed by atoms with Crippen LogP contribution in [0.4, 0.5) is 15.8 Å². The van der Waals surface area contributed by atoms with E-state index < -0.39 is 0 Å². The van der Waals surface area contributed by atoms with Crippen LogP contribution in [0.3, 0.4) is 0 Å². The predicted molar refractivity (Wildman–Crippen MR) is 118 cm³/mol. The number of benzene rings is 3. The van der Waals surface area contributed by atoms with Gasteiger partial charge in [0, 0.05) is 30.4 Å². The lowest BCUT2D eigenvalue weighted by Gasteiger charge is -2.30. The van der Waals surface area contributed by atoms with E-state index in [1.807, 2.05) is 36.4 Å². The van der Waals surface area contributed by atoms with E-state index in [1.54, 1.807) is 7.11 Å². The molecule has 1 amide bonds. The second-order valence-electron chi connectivity index (χ2n) is 7.44. The van der Waals surface area contributed by atoms with Gasteiger partial charge < -0.3 is 19.5 Å². The van der Waals surface area contributed by atoms with Crippen molar-refractivity contribution < 1.29 is 13.9 Å². The van der Waals surface area contributed by atoms with Crippen molar-refractivity contribution in [2.24, 2.45) is 0 Å². The molecule has 0 unspecified atom stereocenters. The van der Waals surface area contributed by atoms with Crippen LogP contribution in [-0.2, 0) is 13.1 Å². The Labute approximate surface area is 178 Å². The highest BCUT2D eigenvalue weighted by atomic mass is 19.1. The summed E-state index contributed by atoms with van der Waals surface area (Å²) in [5.74, 6) is 0.887. The fourth-order valence-electron chi connectivity index (χ4n) is 3.96. The first-order valence-electron chi connectivity index (χ1n) is 10.1. The Bertz CT molecular complexity index is 1270. The van der Waals surface area contributed by atoms with Gasteiger partial charge in [0.1, 0.15) is 17.4 Å². The smallest absolute Gasteiger partial charge is 0.255 e. The number of anilines is 2. The molecule has 6 nitrogen and oxygen atoms in total. The first-order valence-corrected chi connectivity index (χ1v) is 10.1. The summed E-state index contributed by atoms with van der Waals surface area (Å²) < 4.78 is 20.9. The maximum Gasteiger partial charge on any atom is 0.255 e. The summed E-state index contributed by atoms with van der Waals surface area (Å²) in [6.45, 7) is 2.39. The number of rotatable bonds is 4. The number of amides is 1. The third-order valence-electron chi connectivity index (χ3n) is 5.56. The van der Waals surface area contributed by atoms with Crippen molar-refractivity contribution in [3.8, 4) is 5.75 Å². The van der Waals surface area contributed by atoms with Gasteiger partial charge >= 0.3 is 0 Å². The van der Waals surface area contributed by atoms with Crippen LogP contribution in [0.15, 0.2) is 66.7 Å². The Morgan fingerprint density at radius 2 is 1.87 bits per heavy atom. The number of hydrogen-bond donors (Lipinski definition) is 1. The second kappa shape index (κ2) is 7.75. The summed E-state index contributed by atoms with van der Waals surface area (Å²) >= 11 is 0. The van der Waals surface area contributed by atoms with E-state index in [-0.39, 0.29) is 11.7 Å². The zero-order valence-electron chi connectivity index (χ0n) is 17.0. The van der Waals surface area contributed by atoms with Crippen LogP contribution >= 0.6 is 0 Å². The van der Waals surface area contributed by atoms with E-state index in [9.17, 15) is 9.18 Å². The Hall–Kier alpha value is -3.87. The topological polar surface area (TPSA) is 59.4 Å². The molecule has 7 heteroatoms. The molecule has 4 aromatic rings. The standard InChI is InChI=1S/C24H21FN4O2/c1-31-22-14-18(10-11-20(22)27-24(30)16-6-8-17(25)9-7-16)28-12-13-29-21-5-3-2-4-19(21)26-23(29)15-28/h2-11,14H,12-13,15H2,1H3,(H,27,30). The Kier molecular flexibility index (Phi) is 4.78. The quantitative estimate of drug-likeness (QED) is 0.534. The molecule has 0 fully saturated rings. The van der Waals surface area contributed by atoms with Gasteiger partial charge in [-0.15, -0.1) is 0 Å². The molecule has 5 rings (SSSR count). The van der Waals surface area contributed by atoms with Gasteiger partial charge in [0.05, 0.1) is 30.4 Å². The molecular weight excluding hydrogens is 395 g/mol. The summed E-state index contributed by atoms with van der Waals surface area (Å²) in [6, 6.07) is 19.3. The van der Waals surface area contributed by atoms with Crippen molar-refractivity contribution in [1.29, 1.82) is 0 Å². The predicted octanol–water partition coefficient (Wildman–Crippen LogP) is 4.46. The van der Waals surface area contributed by atoms with Gasteiger partial charge in [-0.05, 0) is 48.5 Å². The molecule has 0 spiro atoms. The number of halogens is 1. The molecule has 1 aromatic heterocycles. The lowest BCUT2D eigenvalue weighted by molar-refractivity contribution is 0.102. The first-order chi connectivity index (χ1) is 15.1. The van der Waals surface area contributed by atoms with Crippen molar-refractivity contribution in [2.75, 3.05) is 23.9 Å². The monoisotopic (exact) mass is 416 g/mol. The lowest BCUT2D eigenvalue weighted by Crippen LogP contribution is -2.33. The molecule has 0 bridgehead atoms. The average molecular weight is 416 g/mol. The van der Waals surface area contributed by atoms with Gasteiger partial charge in [-0.3, -0.25) is 4.79 Å². The van der Waals surface area contributed by atoms with Crippen LogP contribution in [0.2, 0.25) is 0 Å². The van der Waals surface area contributed by atoms with Crippen molar-refractivity contribution in [2.45, 2.75) is 13.1 Å². The molecule has 0 aliphatic carbocycles. The van der Waals surface area contributed by atoms with Crippen LogP contribution in [0, 0.1) is 5.82 Å². The van der Waals surface area contributed by atoms with Crippen molar-refractivity contribution >= 4 is 28.3 Å². The number of imidazole rings is 1. The van der Waals surface area contributed by atoms with E-state index in [1.165, 1.54) is 24.3 Å². The molecular formula is C24H21FN4O2. The van der Waals surface area contributed by atoms with Crippen molar-refractivity contribution in [1.82, 2.24) is 9.55 Å². The molecule has 0 radical (unpaired) electrons. The fourth-order valence-corrected chi connectivity index (χ4v) is 3.96. The highest BCUT2D eigenvalue weighted by Crippen LogP contribution is 2.32. The molecule has 31 heavy (non-hydrogen) atoms. The number of ether oxygens (including phenoxy) is 1. The SMILES string of the molecule is COc1cc(N2CCn3c(nc4ccccc43)C2)ccc1NC(=O)c1ccc(F)cc1. The molecule has 0 saturated heterocycles. The molecule has 1 N–H and O–H groups in total. The maximum atomic E-state index is 13.1. The minimum atomic E-state index is -0.381. The molecule has 0 atom stereocenters. The highest BCUT2D eigenvalue weighted by molar-refractivity contribution is 6.05. The van der Waals surface area contributed by atoms with Crippen molar-refractivity contribution in [3.63, 3.8) is 0 Å². The number of carbonyl (C=O) groups is 1. The van der Waals surface area contributed by atoms with Gasteiger partial charge in [0.25, 0.3) is 5.91 Å². The maximum absolute atomic E-state index is 13.1. The Morgan fingerprint density at radius 3 is 2.68 bits per heavy atom. The van der Waals surface area contributed by atoms with Crippen LogP contribution in [-0.4, -0.2) is 29.1 Å². The van der Waals surface area contributed by atoms with Crippen LogP contribution in [0.1, 0.15) is 16.2 Å². The highest BCUT2D eigenvalue weighted by Gasteiger charge is 2.21. The van der Waals surface area contributed by atoms with Gasteiger partial charge in [0.15, 0.2) is 0 Å². The molecule has 2 heterocycles. The summed E-state index contributed by atoms with van der Waals surface area (Å²) in [4.78, 5) is 19.5. The summed E-state index contributed by atoms with van der Waals surface area (Å²) in [6.07, 6.45) is 0. The third-order valence-corrected chi connectivity index (χ3v) is 5.56. The number of nitrogens with zero attached hydrogens (tertiary/aromatic N) is 3. The zero-order valence-corrected chi connectivity index (χ0v) is 17.0. The van der Waals surface area contributed by atoms with Gasteiger partial charge in [-0.25, -0.2) is 9.37 Å². The molecule has 3 aromatic carbocycles. The van der Waals surface area contributed by atoms with Gasteiger partial charge in [0.2, 0.25) is 0 Å². The average Bonchev–Trinajstić information content (AvgIpc) is 3.17. The summed E-state index contributed by atoms with van der Waals surface area (Å²) in [7, 11) is 1.57. The van der Waals surface area contributed by atoms with E-state index in [0.717, 1.165) is 35.6 Å². The van der Waals surface area contributed by atoms with E-state index in [2.05, 4.69) is 20.9 Å². The number of carbonyl (C=O) groups excluding carboxylic acids is 1. The molecule has 156 valence electrons. The summed E-state index contributed by atoms with van der Waals surface area (Å²) in [5.41, 5.74) is 4.10. The molecule has 1 aliphatic rings. The number of methoxy groups -OCH3 is 1. The third kappa shape index (κ3) is 3.59. The van der Waals surface area contributed by atoms with Crippen LogP contribution in [0.5, 0.6) is 5.75 Å². The number of aromatic nitrogens is 2. The van der Waals surface area contributed by atoms with Gasteiger partial charge in [-0.2, -0.15) is 0 Å². The summed E-state index contributed by atoms with van der Waals surface area (Å²) in [5, 5.41) is 2.84. The Balaban J connectivity index is 1.37. The van der Waals surface area contributed by atoms with Crippen LogP contribution < -0.4 is 15.0 Å². The fraction of sp³-hybridized carbons (Fsp3) is 0.167. The van der Waals surface area contributed by atoms with E-state index in [0.29, 0.717) is 23.5 Å². The normalized spacial score (nSPS) is 13.2. The van der Waals surface area contributed by atoms with Gasteiger partial charge in [-0.1, -0.05) is 12.1 Å². The second-order valence-corrected chi connectivity index (χ2v) is 7.44. The largest absolute Gasteiger partial charge is 0.494 e. The van der Waals surface area contributed by atoms with E-state index >= 15 is 0 Å². The minimum absolute atomic E-state index is 0.322. The molecule has 0 saturated carbocycles. The lowest BCUT2D eigenvalue weighted by atomic mass is 10.2. The zero-order chi connectivity index (χ0) is 21.4. The Morgan fingerprint density at radius 1 is 1.06 bits per heavy atom. The minimum Gasteiger partial charge on any atom is -0.494 e. The first kappa shape index (κ1) is 19.1. The number of para-hydroxylation sites is 2. The number of fused-ring (bicyclic) bond motifs is 3. The number of hydrogen-bond acceptors (Lipinski definition) is 4. The van der Waals surface area contributed by atoms with E-state index in [4.69, 9.17) is 9.72 Å². The van der Waals surface area contributed by atoms with Crippen molar-refractivity contribution in [3.05, 3.63) is 83.9 Å². The number of nitrogens with one attached hydrogen (secondary N) is 1. The van der Waals surface area contributed by atoms with Crippen LogP contribution in [0.25, 0.3) is 11.0 Å².